The summed E-state index contributed by atoms with van der Waals surface area (Å²) >= 11 is 0. The number of rotatable bonds is 5. The van der Waals surface area contributed by atoms with Crippen LogP contribution in [0.3, 0.4) is 0 Å². The zero-order chi connectivity index (χ0) is 19.4. The first-order valence-corrected chi connectivity index (χ1v) is 7.82. The third-order valence-electron chi connectivity index (χ3n) is 3.90. The molecule has 0 aliphatic rings. The molecule has 2 amide bonds. The Kier molecular flexibility index (Phi) is 5.56. The SMILES string of the molecule is CC(=O)N(C)c1ccc(NC(=O)c2cc([N+](=O)[O-])ccc2N(C)C)cc1. The highest BCUT2D eigenvalue weighted by Gasteiger charge is 2.18. The zero-order valence-electron chi connectivity index (χ0n) is 15.0. The maximum absolute atomic E-state index is 12.6. The second-order valence-electron chi connectivity index (χ2n) is 5.93. The Hall–Kier alpha value is -3.42. The average molecular weight is 356 g/mol. The molecule has 0 aliphatic carbocycles. The summed E-state index contributed by atoms with van der Waals surface area (Å²) in [5.41, 5.74) is 1.83. The van der Waals surface area contributed by atoms with Gasteiger partial charge in [-0.2, -0.15) is 0 Å². The van der Waals surface area contributed by atoms with Gasteiger partial charge in [0.1, 0.15) is 0 Å². The van der Waals surface area contributed by atoms with Gasteiger partial charge in [0.25, 0.3) is 11.6 Å². The molecule has 1 N–H and O–H groups in total. The van der Waals surface area contributed by atoms with Gasteiger partial charge in [0, 0.05) is 57.3 Å². The molecule has 0 aliphatic heterocycles. The molecule has 26 heavy (non-hydrogen) atoms. The van der Waals surface area contributed by atoms with Gasteiger partial charge in [0.05, 0.1) is 10.5 Å². The van der Waals surface area contributed by atoms with E-state index in [9.17, 15) is 19.7 Å². The third-order valence-corrected chi connectivity index (χ3v) is 3.90. The molecule has 8 nitrogen and oxygen atoms in total. The third kappa shape index (κ3) is 4.15. The number of hydrogen-bond acceptors (Lipinski definition) is 5. The van der Waals surface area contributed by atoms with E-state index in [1.807, 2.05) is 0 Å². The molecule has 8 heteroatoms. The van der Waals surface area contributed by atoms with Gasteiger partial charge >= 0.3 is 0 Å². The van der Waals surface area contributed by atoms with Crippen LogP contribution < -0.4 is 15.1 Å². The second kappa shape index (κ2) is 7.64. The largest absolute Gasteiger partial charge is 0.377 e. The molecule has 0 aromatic heterocycles. The predicted octanol–water partition coefficient (Wildman–Crippen LogP) is 2.90. The van der Waals surface area contributed by atoms with Crippen molar-refractivity contribution in [3.63, 3.8) is 0 Å². The number of carbonyl (C=O) groups excluding carboxylic acids is 2. The summed E-state index contributed by atoms with van der Waals surface area (Å²) in [7, 11) is 5.16. The number of carbonyl (C=O) groups is 2. The van der Waals surface area contributed by atoms with Crippen molar-refractivity contribution in [3.8, 4) is 0 Å². The van der Waals surface area contributed by atoms with Crippen molar-refractivity contribution in [1.29, 1.82) is 0 Å². The lowest BCUT2D eigenvalue weighted by atomic mass is 10.1. The molecular weight excluding hydrogens is 336 g/mol. The van der Waals surface area contributed by atoms with E-state index in [4.69, 9.17) is 0 Å². The Balaban J connectivity index is 2.28. The van der Waals surface area contributed by atoms with E-state index in [2.05, 4.69) is 5.32 Å². The molecule has 0 heterocycles. The Bertz CT molecular complexity index is 847. The van der Waals surface area contributed by atoms with Crippen molar-refractivity contribution in [2.24, 2.45) is 0 Å². The van der Waals surface area contributed by atoms with Crippen molar-refractivity contribution in [2.75, 3.05) is 36.3 Å². The highest BCUT2D eigenvalue weighted by Crippen LogP contribution is 2.25. The minimum atomic E-state index is -0.539. The first kappa shape index (κ1) is 18.9. The van der Waals surface area contributed by atoms with Crippen LogP contribution in [0.2, 0.25) is 0 Å². The van der Waals surface area contributed by atoms with Crippen LogP contribution >= 0.6 is 0 Å². The van der Waals surface area contributed by atoms with Gasteiger partial charge in [-0.3, -0.25) is 19.7 Å². The fourth-order valence-corrected chi connectivity index (χ4v) is 2.36. The van der Waals surface area contributed by atoms with Gasteiger partial charge < -0.3 is 15.1 Å². The number of nitrogens with zero attached hydrogens (tertiary/aromatic N) is 3. The molecule has 0 saturated carbocycles. The van der Waals surface area contributed by atoms with E-state index in [-0.39, 0.29) is 17.2 Å². The maximum atomic E-state index is 12.6. The Morgan fingerprint density at radius 1 is 1.04 bits per heavy atom. The van der Waals surface area contributed by atoms with Crippen LogP contribution in [-0.4, -0.2) is 37.9 Å². The number of anilines is 3. The Morgan fingerprint density at radius 2 is 1.65 bits per heavy atom. The molecular formula is C18H20N4O4. The van der Waals surface area contributed by atoms with Crippen LogP contribution in [0.4, 0.5) is 22.7 Å². The van der Waals surface area contributed by atoms with E-state index < -0.39 is 10.8 Å². The second-order valence-corrected chi connectivity index (χ2v) is 5.93. The Morgan fingerprint density at radius 3 is 2.15 bits per heavy atom. The van der Waals surface area contributed by atoms with Crippen LogP contribution in [-0.2, 0) is 4.79 Å². The standard InChI is InChI=1S/C18H20N4O4/c1-12(23)21(4)14-7-5-13(6-8-14)19-18(24)16-11-15(22(25)26)9-10-17(16)20(2)3/h5-11H,1-4H3,(H,19,24). The predicted molar refractivity (Wildman–Crippen MR) is 101 cm³/mol. The summed E-state index contributed by atoms with van der Waals surface area (Å²) in [6, 6.07) is 10.9. The molecule has 0 bridgehead atoms. The fraction of sp³-hybridized carbons (Fsp3) is 0.222. The number of nitrogens with one attached hydrogen (secondary N) is 1. The van der Waals surface area contributed by atoms with Crippen LogP contribution in [0.25, 0.3) is 0 Å². The van der Waals surface area contributed by atoms with Crippen LogP contribution in [0.15, 0.2) is 42.5 Å². The molecule has 2 aromatic carbocycles. The molecule has 0 spiro atoms. The zero-order valence-corrected chi connectivity index (χ0v) is 15.0. The van der Waals surface area contributed by atoms with Crippen molar-refractivity contribution in [2.45, 2.75) is 6.92 Å². The van der Waals surface area contributed by atoms with Crippen LogP contribution in [0.1, 0.15) is 17.3 Å². The highest BCUT2D eigenvalue weighted by molar-refractivity contribution is 6.08. The number of non-ortho nitro benzene ring substituents is 1. The Labute approximate surface area is 151 Å². The molecule has 2 aromatic rings. The molecule has 0 unspecified atom stereocenters. The lowest BCUT2D eigenvalue weighted by Gasteiger charge is -2.18. The van der Waals surface area contributed by atoms with Gasteiger partial charge in [0.2, 0.25) is 5.91 Å². The maximum Gasteiger partial charge on any atom is 0.270 e. The lowest BCUT2D eigenvalue weighted by Crippen LogP contribution is -2.22. The molecule has 0 saturated heterocycles. The summed E-state index contributed by atoms with van der Waals surface area (Å²) in [4.78, 5) is 37.6. The van der Waals surface area contributed by atoms with Gasteiger partial charge in [-0.15, -0.1) is 0 Å². The van der Waals surface area contributed by atoms with E-state index in [1.165, 1.54) is 30.0 Å². The molecule has 0 radical (unpaired) electrons. The number of benzene rings is 2. The topological polar surface area (TPSA) is 95.8 Å². The minimum absolute atomic E-state index is 0.103. The molecule has 2 rings (SSSR count). The average Bonchev–Trinajstić information content (AvgIpc) is 2.60. The molecule has 0 fully saturated rings. The van der Waals surface area contributed by atoms with E-state index >= 15 is 0 Å². The van der Waals surface area contributed by atoms with Crippen molar-refractivity contribution in [3.05, 3.63) is 58.1 Å². The monoisotopic (exact) mass is 356 g/mol. The van der Waals surface area contributed by atoms with Gasteiger partial charge in [-0.25, -0.2) is 0 Å². The highest BCUT2D eigenvalue weighted by atomic mass is 16.6. The molecule has 136 valence electrons. The van der Waals surface area contributed by atoms with E-state index in [1.54, 1.807) is 50.3 Å². The quantitative estimate of drug-likeness (QED) is 0.656. The minimum Gasteiger partial charge on any atom is -0.377 e. The fourth-order valence-electron chi connectivity index (χ4n) is 2.36. The van der Waals surface area contributed by atoms with Crippen molar-refractivity contribution < 1.29 is 14.5 Å². The van der Waals surface area contributed by atoms with Crippen molar-refractivity contribution in [1.82, 2.24) is 0 Å². The van der Waals surface area contributed by atoms with Gasteiger partial charge in [-0.05, 0) is 30.3 Å². The van der Waals surface area contributed by atoms with Crippen molar-refractivity contribution >= 4 is 34.6 Å². The first-order chi connectivity index (χ1) is 12.2. The summed E-state index contributed by atoms with van der Waals surface area (Å²) in [5.74, 6) is -0.556. The van der Waals surface area contributed by atoms with Crippen LogP contribution in [0, 0.1) is 10.1 Å². The number of nitro benzene ring substituents is 1. The number of hydrogen-bond donors (Lipinski definition) is 1. The lowest BCUT2D eigenvalue weighted by molar-refractivity contribution is -0.384. The van der Waals surface area contributed by atoms with Gasteiger partial charge in [0.15, 0.2) is 0 Å². The normalized spacial score (nSPS) is 10.2. The van der Waals surface area contributed by atoms with Crippen LogP contribution in [0.5, 0.6) is 0 Å². The summed E-state index contributed by atoms with van der Waals surface area (Å²) in [6.45, 7) is 1.46. The van der Waals surface area contributed by atoms with E-state index in [0.29, 0.717) is 17.1 Å². The summed E-state index contributed by atoms with van der Waals surface area (Å²) < 4.78 is 0. The summed E-state index contributed by atoms with van der Waals surface area (Å²) in [6.07, 6.45) is 0. The smallest absolute Gasteiger partial charge is 0.270 e. The summed E-state index contributed by atoms with van der Waals surface area (Å²) in [5, 5.41) is 13.7. The number of nitro groups is 1. The molecule has 0 atom stereocenters. The first-order valence-electron chi connectivity index (χ1n) is 7.82. The number of amides is 2. The van der Waals surface area contributed by atoms with E-state index in [0.717, 1.165) is 0 Å². The van der Waals surface area contributed by atoms with Gasteiger partial charge in [-0.1, -0.05) is 0 Å².